The van der Waals surface area contributed by atoms with Crippen molar-refractivity contribution in [2.75, 3.05) is 5.32 Å². The normalized spacial score (nSPS) is 14.9. The molecule has 22 heavy (non-hydrogen) atoms. The smallest absolute Gasteiger partial charge is 0.156 e. The summed E-state index contributed by atoms with van der Waals surface area (Å²) in [6.45, 7) is 0. The Morgan fingerprint density at radius 1 is 0.818 bits per heavy atom. The molecule has 106 valence electrons. The Labute approximate surface area is 128 Å². The van der Waals surface area contributed by atoms with Crippen LogP contribution in [0.5, 0.6) is 0 Å². The average molecular weight is 286 g/mol. The highest BCUT2D eigenvalue weighted by atomic mass is 15.1. The zero-order valence-corrected chi connectivity index (χ0v) is 11.8. The van der Waals surface area contributed by atoms with Gasteiger partial charge in [-0.1, -0.05) is 60.7 Å². The van der Waals surface area contributed by atoms with Crippen molar-refractivity contribution in [1.82, 2.24) is 9.97 Å². The zero-order chi connectivity index (χ0) is 14.8. The molecule has 0 saturated heterocycles. The lowest BCUT2D eigenvalue weighted by molar-refractivity contribution is 0.791. The summed E-state index contributed by atoms with van der Waals surface area (Å²) in [5.74, 6) is 0.741. The molecular weight excluding hydrogens is 272 g/mol. The van der Waals surface area contributed by atoms with Crippen LogP contribution in [0.25, 0.3) is 0 Å². The second-order valence-corrected chi connectivity index (χ2v) is 5.18. The first-order valence-electron chi connectivity index (χ1n) is 7.13. The van der Waals surface area contributed by atoms with E-state index < -0.39 is 5.54 Å². The van der Waals surface area contributed by atoms with Gasteiger partial charge >= 0.3 is 0 Å². The van der Waals surface area contributed by atoms with Gasteiger partial charge in [0.05, 0.1) is 6.20 Å². The van der Waals surface area contributed by atoms with Gasteiger partial charge in [-0.15, -0.1) is 0 Å². The molecule has 1 aromatic heterocycles. The third-order valence-corrected chi connectivity index (χ3v) is 3.86. The van der Waals surface area contributed by atoms with Gasteiger partial charge in [0, 0.05) is 6.21 Å². The first-order valence-corrected chi connectivity index (χ1v) is 7.13. The van der Waals surface area contributed by atoms with E-state index in [1.165, 1.54) is 6.33 Å². The fraction of sp³-hybridized carbons (Fsp3) is 0.0556. The molecule has 4 heteroatoms. The second-order valence-electron chi connectivity index (χ2n) is 5.18. The van der Waals surface area contributed by atoms with E-state index in [-0.39, 0.29) is 0 Å². The van der Waals surface area contributed by atoms with E-state index in [1.54, 1.807) is 6.20 Å². The Bertz CT molecular complexity index is 773. The first kappa shape index (κ1) is 12.7. The van der Waals surface area contributed by atoms with E-state index in [0.29, 0.717) is 0 Å². The molecule has 0 saturated carbocycles. The number of benzene rings is 2. The van der Waals surface area contributed by atoms with E-state index in [0.717, 1.165) is 22.6 Å². The van der Waals surface area contributed by atoms with Crippen LogP contribution in [0.3, 0.4) is 0 Å². The molecule has 1 aliphatic heterocycles. The topological polar surface area (TPSA) is 50.2 Å². The van der Waals surface area contributed by atoms with Gasteiger partial charge in [-0.05, 0) is 11.1 Å². The molecule has 0 fully saturated rings. The fourth-order valence-electron chi connectivity index (χ4n) is 2.76. The van der Waals surface area contributed by atoms with Gasteiger partial charge in [-0.2, -0.15) is 0 Å². The molecule has 4 nitrogen and oxygen atoms in total. The Morgan fingerprint density at radius 2 is 1.45 bits per heavy atom. The monoisotopic (exact) mass is 286 g/mol. The number of rotatable bonds is 2. The Balaban J connectivity index is 1.93. The maximum atomic E-state index is 4.59. The highest BCUT2D eigenvalue weighted by Gasteiger charge is 2.35. The van der Waals surface area contributed by atoms with E-state index in [1.807, 2.05) is 42.6 Å². The standard InChI is InChI=1S/C18H14N4/c1-3-7-14(8-4-1)18(15-9-5-2-6-10-15)12-20-16-11-19-13-21-17(16)22-18/h1-13H,(H,19,21,22). The molecule has 0 unspecified atom stereocenters. The number of hydrogen-bond donors (Lipinski definition) is 1. The minimum atomic E-state index is -0.524. The fourth-order valence-corrected chi connectivity index (χ4v) is 2.76. The van der Waals surface area contributed by atoms with E-state index in [2.05, 4.69) is 44.5 Å². The minimum Gasteiger partial charge on any atom is -0.350 e. The lowest BCUT2D eigenvalue weighted by Crippen LogP contribution is -2.40. The van der Waals surface area contributed by atoms with Crippen LogP contribution in [-0.4, -0.2) is 16.2 Å². The quantitative estimate of drug-likeness (QED) is 0.783. The van der Waals surface area contributed by atoms with Gasteiger partial charge < -0.3 is 5.32 Å². The predicted molar refractivity (Wildman–Crippen MR) is 87.5 cm³/mol. The molecular formula is C18H14N4. The summed E-state index contributed by atoms with van der Waals surface area (Å²) in [5.41, 5.74) is 2.47. The highest BCUT2D eigenvalue weighted by molar-refractivity contribution is 5.89. The van der Waals surface area contributed by atoms with Crippen molar-refractivity contribution in [2.24, 2.45) is 4.99 Å². The highest BCUT2D eigenvalue weighted by Crippen LogP contribution is 2.38. The van der Waals surface area contributed by atoms with E-state index in [9.17, 15) is 0 Å². The summed E-state index contributed by atoms with van der Waals surface area (Å²) in [4.78, 5) is 12.9. The molecule has 3 aromatic rings. The second kappa shape index (κ2) is 5.07. The molecule has 0 radical (unpaired) electrons. The molecule has 0 amide bonds. The van der Waals surface area contributed by atoms with Crippen LogP contribution in [-0.2, 0) is 5.54 Å². The van der Waals surface area contributed by atoms with Gasteiger partial charge in [0.25, 0.3) is 0 Å². The van der Waals surface area contributed by atoms with Gasteiger partial charge in [0.15, 0.2) is 5.82 Å². The number of fused-ring (bicyclic) bond motifs is 1. The van der Waals surface area contributed by atoms with Crippen LogP contribution >= 0.6 is 0 Å². The Kier molecular flexibility index (Phi) is 2.93. The number of anilines is 1. The lowest BCUT2D eigenvalue weighted by Gasteiger charge is -2.35. The van der Waals surface area contributed by atoms with Gasteiger partial charge in [0.1, 0.15) is 17.6 Å². The molecule has 0 spiro atoms. The van der Waals surface area contributed by atoms with Crippen LogP contribution in [0.4, 0.5) is 11.5 Å². The summed E-state index contributed by atoms with van der Waals surface area (Å²) in [6.07, 6.45) is 5.18. The molecule has 0 bridgehead atoms. The molecule has 0 atom stereocenters. The lowest BCUT2D eigenvalue weighted by atomic mass is 9.83. The van der Waals surface area contributed by atoms with Crippen LogP contribution in [0, 0.1) is 0 Å². The molecule has 1 N–H and O–H groups in total. The molecule has 4 rings (SSSR count). The Morgan fingerprint density at radius 3 is 2.09 bits per heavy atom. The van der Waals surface area contributed by atoms with E-state index in [4.69, 9.17) is 0 Å². The van der Waals surface area contributed by atoms with Crippen molar-refractivity contribution in [2.45, 2.75) is 5.54 Å². The maximum absolute atomic E-state index is 4.59. The van der Waals surface area contributed by atoms with Gasteiger partial charge in [-0.3, -0.25) is 4.99 Å². The average Bonchev–Trinajstić information content (AvgIpc) is 2.63. The molecule has 0 aliphatic carbocycles. The van der Waals surface area contributed by atoms with Crippen molar-refractivity contribution < 1.29 is 0 Å². The number of nitrogens with zero attached hydrogens (tertiary/aromatic N) is 3. The summed E-state index contributed by atoms with van der Waals surface area (Å²) >= 11 is 0. The van der Waals surface area contributed by atoms with E-state index >= 15 is 0 Å². The number of aliphatic imine (C=N–C) groups is 1. The first-order chi connectivity index (χ1) is 10.9. The predicted octanol–water partition coefficient (Wildman–Crippen LogP) is 3.55. The minimum absolute atomic E-state index is 0.524. The van der Waals surface area contributed by atoms with Crippen LogP contribution in [0.1, 0.15) is 11.1 Å². The maximum Gasteiger partial charge on any atom is 0.156 e. The summed E-state index contributed by atoms with van der Waals surface area (Å²) < 4.78 is 0. The molecule has 1 aliphatic rings. The summed E-state index contributed by atoms with van der Waals surface area (Å²) in [6, 6.07) is 20.5. The van der Waals surface area contributed by atoms with Crippen molar-refractivity contribution in [3.05, 3.63) is 84.3 Å². The van der Waals surface area contributed by atoms with Gasteiger partial charge in [-0.25, -0.2) is 9.97 Å². The Hall–Kier alpha value is -3.01. The molecule has 2 heterocycles. The van der Waals surface area contributed by atoms with Crippen LogP contribution in [0.2, 0.25) is 0 Å². The van der Waals surface area contributed by atoms with Crippen molar-refractivity contribution in [3.8, 4) is 0 Å². The summed E-state index contributed by atoms with van der Waals surface area (Å²) in [7, 11) is 0. The number of hydrogen-bond acceptors (Lipinski definition) is 4. The third-order valence-electron chi connectivity index (χ3n) is 3.86. The van der Waals surface area contributed by atoms with Crippen LogP contribution < -0.4 is 5.32 Å². The van der Waals surface area contributed by atoms with Crippen molar-refractivity contribution in [1.29, 1.82) is 0 Å². The van der Waals surface area contributed by atoms with Crippen molar-refractivity contribution in [3.63, 3.8) is 0 Å². The largest absolute Gasteiger partial charge is 0.350 e. The van der Waals surface area contributed by atoms with Gasteiger partial charge in [0.2, 0.25) is 0 Å². The third kappa shape index (κ3) is 1.97. The van der Waals surface area contributed by atoms with Crippen molar-refractivity contribution >= 4 is 17.7 Å². The number of aromatic nitrogens is 2. The zero-order valence-electron chi connectivity index (χ0n) is 11.8. The summed E-state index contributed by atoms with van der Waals surface area (Å²) in [5, 5.41) is 3.54. The molecule has 2 aromatic carbocycles. The van der Waals surface area contributed by atoms with Crippen LogP contribution in [0.15, 0.2) is 78.2 Å². The SMILES string of the molecule is C1=Nc2cncnc2NC1(c1ccccc1)c1ccccc1. The number of nitrogens with one attached hydrogen (secondary N) is 1.